The minimum absolute atomic E-state index is 0.154. The number of rotatable bonds is 5. The topological polar surface area (TPSA) is 27.1 Å². The first-order valence-corrected chi connectivity index (χ1v) is 11.5. The first kappa shape index (κ1) is 24.2. The van der Waals surface area contributed by atoms with Crippen LogP contribution in [0.25, 0.3) is 22.2 Å². The number of alkyl halides is 4. The summed E-state index contributed by atoms with van der Waals surface area (Å²) in [6.07, 6.45) is -6.54. The zero-order valence-electron chi connectivity index (χ0n) is 18.3. The Labute approximate surface area is 213 Å². The van der Waals surface area contributed by atoms with Crippen LogP contribution < -0.4 is 4.74 Å². The molecule has 0 bridgehead atoms. The Bertz CT molecular complexity index is 1550. The molecule has 0 saturated heterocycles. The second-order valence-corrected chi connectivity index (χ2v) is 8.84. The molecule has 1 unspecified atom stereocenters. The van der Waals surface area contributed by atoms with Crippen LogP contribution in [0.3, 0.4) is 0 Å². The lowest BCUT2D eigenvalue weighted by molar-refractivity contribution is -0.136. The molecule has 3 nitrogen and oxygen atoms in total. The van der Waals surface area contributed by atoms with E-state index in [2.05, 4.69) is 5.10 Å². The average Bonchev–Trinajstić information content (AvgIpc) is 3.23. The standard InChI is InChI=1S/C27H16Cl2F4N2O/c28-18-12-10-16(11-13-18)26(30)35-25(22-8-3-9-23(24(22)34-35)27(31,32)33)17-4-1-6-20(14-17)36-21-7-2-5-19(29)15-21/h1-15,26H. The fourth-order valence-corrected chi connectivity index (χ4v) is 4.25. The molecule has 0 aliphatic heterocycles. The van der Waals surface area contributed by atoms with Crippen LogP contribution in [0, 0.1) is 0 Å². The second-order valence-electron chi connectivity index (χ2n) is 7.97. The smallest absolute Gasteiger partial charge is 0.418 e. The summed E-state index contributed by atoms with van der Waals surface area (Å²) in [6, 6.07) is 23.0. The minimum atomic E-state index is -4.67. The minimum Gasteiger partial charge on any atom is -0.457 e. The van der Waals surface area contributed by atoms with E-state index in [0.717, 1.165) is 10.7 Å². The fraction of sp³-hybridized carbons (Fsp3) is 0.0741. The number of fused-ring (bicyclic) bond motifs is 1. The maximum Gasteiger partial charge on any atom is 0.418 e. The van der Waals surface area contributed by atoms with Gasteiger partial charge in [-0.1, -0.05) is 65.7 Å². The van der Waals surface area contributed by atoms with E-state index in [-0.39, 0.29) is 22.2 Å². The van der Waals surface area contributed by atoms with E-state index in [0.29, 0.717) is 27.1 Å². The predicted octanol–water partition coefficient (Wildman–Crippen LogP) is 9.34. The second kappa shape index (κ2) is 9.48. The molecule has 36 heavy (non-hydrogen) atoms. The van der Waals surface area contributed by atoms with Gasteiger partial charge >= 0.3 is 6.18 Å². The highest BCUT2D eigenvalue weighted by Crippen LogP contribution is 2.41. The summed E-state index contributed by atoms with van der Waals surface area (Å²) in [5.41, 5.74) is -0.510. The van der Waals surface area contributed by atoms with Crippen LogP contribution in [-0.2, 0) is 6.18 Å². The molecule has 0 aliphatic rings. The average molecular weight is 531 g/mol. The van der Waals surface area contributed by atoms with Crippen LogP contribution in [0.5, 0.6) is 11.5 Å². The van der Waals surface area contributed by atoms with Gasteiger partial charge in [0.1, 0.15) is 17.0 Å². The van der Waals surface area contributed by atoms with E-state index in [1.807, 2.05) is 0 Å². The van der Waals surface area contributed by atoms with Gasteiger partial charge in [0.05, 0.1) is 11.3 Å². The molecule has 0 N–H and O–H groups in total. The van der Waals surface area contributed by atoms with Crippen molar-refractivity contribution >= 4 is 34.1 Å². The molecule has 5 rings (SSSR count). The maximum atomic E-state index is 15.8. The molecule has 1 atom stereocenters. The quantitative estimate of drug-likeness (QED) is 0.211. The van der Waals surface area contributed by atoms with E-state index < -0.39 is 18.0 Å². The molecule has 1 aromatic heterocycles. The lowest BCUT2D eigenvalue weighted by atomic mass is 10.0. The van der Waals surface area contributed by atoms with E-state index in [1.54, 1.807) is 48.5 Å². The van der Waals surface area contributed by atoms with Gasteiger partial charge in [-0.3, -0.25) is 0 Å². The summed E-state index contributed by atoms with van der Waals surface area (Å²) < 4.78 is 64.0. The molecule has 0 radical (unpaired) electrons. The summed E-state index contributed by atoms with van der Waals surface area (Å²) in [7, 11) is 0. The normalized spacial score (nSPS) is 12.6. The van der Waals surface area contributed by atoms with Gasteiger partial charge in [-0.15, -0.1) is 0 Å². The number of hydrogen-bond acceptors (Lipinski definition) is 2. The van der Waals surface area contributed by atoms with Gasteiger partial charge in [0.15, 0.2) is 0 Å². The van der Waals surface area contributed by atoms with Crippen LogP contribution in [0.4, 0.5) is 17.6 Å². The Balaban J connectivity index is 1.69. The Morgan fingerprint density at radius 2 is 1.44 bits per heavy atom. The monoisotopic (exact) mass is 530 g/mol. The van der Waals surface area contributed by atoms with Gasteiger partial charge < -0.3 is 4.74 Å². The third kappa shape index (κ3) is 4.76. The van der Waals surface area contributed by atoms with Crippen molar-refractivity contribution in [2.24, 2.45) is 0 Å². The predicted molar refractivity (Wildman–Crippen MR) is 132 cm³/mol. The third-order valence-electron chi connectivity index (χ3n) is 5.53. The van der Waals surface area contributed by atoms with E-state index >= 15 is 4.39 Å². The van der Waals surface area contributed by atoms with E-state index in [1.165, 1.54) is 36.4 Å². The molecule has 182 valence electrons. The SMILES string of the molecule is FC(c1ccc(Cl)cc1)n1nc2c(C(F)(F)F)cccc2c1-c1cccc(Oc2cccc(Cl)c2)c1. The molecule has 0 spiro atoms. The number of hydrogen-bond donors (Lipinski definition) is 0. The summed E-state index contributed by atoms with van der Waals surface area (Å²) >= 11 is 12.0. The highest BCUT2D eigenvalue weighted by atomic mass is 35.5. The van der Waals surface area contributed by atoms with Gasteiger partial charge in [0, 0.05) is 26.6 Å². The van der Waals surface area contributed by atoms with Crippen molar-refractivity contribution in [3.63, 3.8) is 0 Å². The number of nitrogens with zero attached hydrogens (tertiary/aromatic N) is 2. The molecule has 0 aliphatic carbocycles. The lowest BCUT2D eigenvalue weighted by Crippen LogP contribution is -2.09. The highest BCUT2D eigenvalue weighted by molar-refractivity contribution is 6.30. The van der Waals surface area contributed by atoms with Crippen molar-refractivity contribution in [1.82, 2.24) is 9.78 Å². The van der Waals surface area contributed by atoms with Gasteiger partial charge in [-0.05, 0) is 48.5 Å². The summed E-state index contributed by atoms with van der Waals surface area (Å²) in [6.45, 7) is 0. The van der Waals surface area contributed by atoms with Crippen LogP contribution in [-0.4, -0.2) is 9.78 Å². The van der Waals surface area contributed by atoms with Crippen LogP contribution in [0.1, 0.15) is 17.4 Å². The molecule has 1 heterocycles. The van der Waals surface area contributed by atoms with Crippen molar-refractivity contribution in [3.8, 4) is 22.8 Å². The first-order chi connectivity index (χ1) is 17.2. The Morgan fingerprint density at radius 1 is 0.778 bits per heavy atom. The van der Waals surface area contributed by atoms with E-state index in [9.17, 15) is 13.2 Å². The number of benzene rings is 4. The van der Waals surface area contributed by atoms with Crippen molar-refractivity contribution in [3.05, 3.63) is 112 Å². The van der Waals surface area contributed by atoms with Crippen LogP contribution in [0.15, 0.2) is 91.0 Å². The molecule has 0 saturated carbocycles. The first-order valence-electron chi connectivity index (χ1n) is 10.7. The maximum absolute atomic E-state index is 15.8. The van der Waals surface area contributed by atoms with Gasteiger partial charge in [0.2, 0.25) is 6.30 Å². The molecule has 5 aromatic rings. The molecular formula is C27H16Cl2F4N2O. The summed E-state index contributed by atoms with van der Waals surface area (Å²) in [5.74, 6) is 0.867. The molecular weight excluding hydrogens is 515 g/mol. The highest BCUT2D eigenvalue weighted by Gasteiger charge is 2.35. The molecule has 4 aromatic carbocycles. The third-order valence-corrected chi connectivity index (χ3v) is 6.02. The zero-order valence-corrected chi connectivity index (χ0v) is 19.8. The number of aromatic nitrogens is 2. The van der Waals surface area contributed by atoms with Crippen molar-refractivity contribution in [2.75, 3.05) is 0 Å². The molecule has 0 fully saturated rings. The lowest BCUT2D eigenvalue weighted by Gasteiger charge is -2.14. The zero-order chi connectivity index (χ0) is 25.4. The molecule has 9 heteroatoms. The number of halogens is 6. The molecule has 0 amide bonds. The fourth-order valence-electron chi connectivity index (χ4n) is 3.94. The van der Waals surface area contributed by atoms with Crippen LogP contribution >= 0.6 is 23.2 Å². The Kier molecular flexibility index (Phi) is 6.36. The van der Waals surface area contributed by atoms with E-state index in [4.69, 9.17) is 27.9 Å². The van der Waals surface area contributed by atoms with Gasteiger partial charge in [-0.2, -0.15) is 18.3 Å². The Hall–Kier alpha value is -3.55. The Morgan fingerprint density at radius 3 is 2.14 bits per heavy atom. The van der Waals surface area contributed by atoms with Crippen LogP contribution in [0.2, 0.25) is 10.0 Å². The summed E-state index contributed by atoms with van der Waals surface area (Å²) in [4.78, 5) is 0. The number of ether oxygens (including phenoxy) is 1. The van der Waals surface area contributed by atoms with Crippen molar-refractivity contribution < 1.29 is 22.3 Å². The van der Waals surface area contributed by atoms with Gasteiger partial charge in [0.25, 0.3) is 0 Å². The van der Waals surface area contributed by atoms with Crippen molar-refractivity contribution in [2.45, 2.75) is 12.5 Å². The van der Waals surface area contributed by atoms with Crippen molar-refractivity contribution in [1.29, 1.82) is 0 Å². The summed E-state index contributed by atoms with van der Waals surface area (Å²) in [5, 5.41) is 5.15. The largest absolute Gasteiger partial charge is 0.457 e. The van der Waals surface area contributed by atoms with Gasteiger partial charge in [-0.25, -0.2) is 9.07 Å².